The van der Waals surface area contributed by atoms with Crippen molar-refractivity contribution in [2.24, 2.45) is 34.8 Å². The first kappa shape index (κ1) is 51.7. The molecule has 0 aromatic heterocycles. The molecule has 60 heavy (non-hydrogen) atoms. The Morgan fingerprint density at radius 2 is 1.02 bits per heavy atom. The summed E-state index contributed by atoms with van der Waals surface area (Å²) >= 11 is 0. The summed E-state index contributed by atoms with van der Waals surface area (Å²) in [5.41, 5.74) is 23.7. The maximum Gasteiger partial charge on any atom is 0.245 e. The second kappa shape index (κ2) is 25.4. The summed E-state index contributed by atoms with van der Waals surface area (Å²) in [7, 11) is 0. The number of amides is 7. The van der Waals surface area contributed by atoms with Gasteiger partial charge in [-0.25, -0.2) is 0 Å². The molecule has 0 bridgehead atoms. The van der Waals surface area contributed by atoms with Gasteiger partial charge in [0.15, 0.2) is 0 Å². The molecule has 0 unspecified atom stereocenters. The molecule has 0 saturated carbocycles. The van der Waals surface area contributed by atoms with Gasteiger partial charge < -0.3 is 75.9 Å². The molecule has 8 atom stereocenters. The Morgan fingerprint density at radius 3 is 1.42 bits per heavy atom. The van der Waals surface area contributed by atoms with E-state index in [1.54, 1.807) is 0 Å². The largest absolute Gasteiger partial charge is 0.391 e. The summed E-state index contributed by atoms with van der Waals surface area (Å²) in [4.78, 5) is 96.5. The van der Waals surface area contributed by atoms with E-state index in [0.717, 1.165) is 0 Å². The number of aliphatic hydroxyl groups is 1. The van der Waals surface area contributed by atoms with E-state index in [-0.39, 0.29) is 76.5 Å². The van der Waals surface area contributed by atoms with Crippen LogP contribution in [0.3, 0.4) is 0 Å². The lowest BCUT2D eigenvalue weighted by atomic mass is 9.86. The summed E-state index contributed by atoms with van der Waals surface area (Å²) in [6.07, 6.45) is -0.204. The van der Waals surface area contributed by atoms with E-state index >= 15 is 0 Å². The fraction of sp³-hybridized carbons (Fsp3) is 0.769. The molecule has 0 aromatic rings. The molecule has 2 rings (SSSR count). The van der Waals surface area contributed by atoms with Gasteiger partial charge in [-0.2, -0.15) is 0 Å². The third-order valence-corrected chi connectivity index (χ3v) is 10.5. The molecule has 342 valence electrons. The van der Waals surface area contributed by atoms with E-state index in [1.165, 1.54) is 6.92 Å². The molecular formula is C39H73N13O8. The Morgan fingerprint density at radius 1 is 0.633 bits per heavy atom. The van der Waals surface area contributed by atoms with Crippen molar-refractivity contribution in [3.8, 4) is 0 Å². The van der Waals surface area contributed by atoms with Crippen molar-refractivity contribution in [2.75, 3.05) is 39.3 Å². The van der Waals surface area contributed by atoms with Crippen molar-refractivity contribution in [1.29, 1.82) is 0 Å². The number of carbonyl (C=O) groups is 7. The number of carbonyl (C=O) groups excluding carboxylic acids is 7. The van der Waals surface area contributed by atoms with E-state index in [0.29, 0.717) is 31.6 Å². The van der Waals surface area contributed by atoms with Crippen molar-refractivity contribution in [1.82, 2.24) is 47.9 Å². The molecule has 0 aliphatic carbocycles. The van der Waals surface area contributed by atoms with Crippen LogP contribution >= 0.6 is 0 Å². The van der Waals surface area contributed by atoms with Gasteiger partial charge in [-0.05, 0) is 103 Å². The van der Waals surface area contributed by atoms with Crippen LogP contribution in [0.25, 0.3) is 0 Å². The van der Waals surface area contributed by atoms with Gasteiger partial charge in [0.05, 0.1) is 11.6 Å². The van der Waals surface area contributed by atoms with Gasteiger partial charge in [-0.3, -0.25) is 33.6 Å². The summed E-state index contributed by atoms with van der Waals surface area (Å²) in [5.74, 6) is -5.32. The highest BCUT2D eigenvalue weighted by molar-refractivity contribution is 5.97. The second-order valence-electron chi connectivity index (χ2n) is 16.7. The maximum absolute atomic E-state index is 14.1. The van der Waals surface area contributed by atoms with Crippen LogP contribution in [-0.2, 0) is 33.6 Å². The topological polar surface area (TPSA) is 352 Å². The van der Waals surface area contributed by atoms with Gasteiger partial charge in [-0.1, -0.05) is 34.3 Å². The predicted molar refractivity (Wildman–Crippen MR) is 226 cm³/mol. The molecule has 2 aliphatic rings. The summed E-state index contributed by atoms with van der Waals surface area (Å²) in [6.45, 7) is 13.8. The zero-order chi connectivity index (χ0) is 45.2. The zero-order valence-electron chi connectivity index (χ0n) is 36.0. The van der Waals surface area contributed by atoms with Gasteiger partial charge in [0.1, 0.15) is 42.3 Å². The highest BCUT2D eigenvalue weighted by Gasteiger charge is 2.37. The first-order valence-corrected chi connectivity index (χ1v) is 21.1. The normalized spacial score (nSPS) is 27.7. The number of aliphatic hydroxyl groups excluding tert-OH is 1. The molecule has 2 saturated heterocycles. The summed E-state index contributed by atoms with van der Waals surface area (Å²) < 4.78 is 0. The molecule has 0 spiro atoms. The van der Waals surface area contributed by atoms with Crippen LogP contribution in [0.4, 0.5) is 0 Å². The number of nitrogens with two attached hydrogens (primary N) is 4. The molecule has 0 radical (unpaired) electrons. The molecule has 21 nitrogen and oxygen atoms in total. The van der Waals surface area contributed by atoms with Crippen molar-refractivity contribution in [3.05, 3.63) is 12.3 Å². The van der Waals surface area contributed by atoms with Crippen LogP contribution in [0.5, 0.6) is 0 Å². The Kier molecular flexibility index (Phi) is 21.9. The Balaban J connectivity index is 2.64. The summed E-state index contributed by atoms with van der Waals surface area (Å²) in [5, 5.41) is 35.5. The number of piperidine rings is 1. The lowest BCUT2D eigenvalue weighted by Crippen LogP contribution is -2.61. The van der Waals surface area contributed by atoms with Gasteiger partial charge in [0.2, 0.25) is 41.4 Å². The zero-order valence-corrected chi connectivity index (χ0v) is 36.0. The molecule has 0 aromatic carbocycles. The number of nitrogens with one attached hydrogen (secondary N) is 9. The van der Waals surface area contributed by atoms with Gasteiger partial charge in [-0.15, -0.1) is 0 Å². The summed E-state index contributed by atoms with van der Waals surface area (Å²) in [6, 6.07) is -8.62. The van der Waals surface area contributed by atoms with Gasteiger partial charge in [0.25, 0.3) is 0 Å². The smallest absolute Gasteiger partial charge is 0.245 e. The monoisotopic (exact) mass is 852 g/mol. The van der Waals surface area contributed by atoms with Crippen LogP contribution < -0.4 is 70.8 Å². The van der Waals surface area contributed by atoms with Crippen LogP contribution in [-0.4, -0.2) is 140 Å². The van der Waals surface area contributed by atoms with Gasteiger partial charge >= 0.3 is 0 Å². The van der Waals surface area contributed by atoms with Crippen molar-refractivity contribution >= 4 is 41.4 Å². The third kappa shape index (κ3) is 16.6. The van der Waals surface area contributed by atoms with Crippen molar-refractivity contribution < 1.29 is 38.7 Å². The average molecular weight is 852 g/mol. The molecule has 7 amide bonds. The molecule has 2 fully saturated rings. The maximum atomic E-state index is 14.1. The average Bonchev–Trinajstić information content (AvgIpc) is 3.17. The number of rotatable bonds is 14. The minimum absolute atomic E-state index is 0.00557. The van der Waals surface area contributed by atoms with Crippen molar-refractivity contribution in [3.63, 3.8) is 0 Å². The van der Waals surface area contributed by atoms with Crippen molar-refractivity contribution in [2.45, 2.75) is 140 Å². The minimum atomic E-state index is -1.50. The third-order valence-electron chi connectivity index (χ3n) is 10.5. The molecule has 21 heteroatoms. The molecular weight excluding hydrogens is 779 g/mol. The predicted octanol–water partition coefficient (Wildman–Crippen LogP) is -4.51. The van der Waals surface area contributed by atoms with E-state index in [4.69, 9.17) is 22.9 Å². The second-order valence-corrected chi connectivity index (χ2v) is 16.7. The molecule has 2 heterocycles. The van der Waals surface area contributed by atoms with Crippen LogP contribution in [0, 0.1) is 11.8 Å². The Hall–Kier alpha value is -4.41. The highest BCUT2D eigenvalue weighted by Crippen LogP contribution is 2.22. The van der Waals surface area contributed by atoms with Crippen LogP contribution in [0.2, 0.25) is 0 Å². The number of hydrogen-bond donors (Lipinski definition) is 14. The lowest BCUT2D eigenvalue weighted by molar-refractivity contribution is -0.136. The highest BCUT2D eigenvalue weighted by atomic mass is 16.3. The van der Waals surface area contributed by atoms with Crippen LogP contribution in [0.1, 0.15) is 86.0 Å². The first-order chi connectivity index (χ1) is 28.3. The standard InChI is InChI=1S/C39H73N13O8/c1-21(2)19-29-36(58)49-25(7-13-40)32(54)48-27(9-15-42)35(57)52-31(23(5)53)38(60)45-16-10-28(46-24(6)39(43)11-17-44-18-12-39)34(56)47-26(8-14-41)33(55)50-30(20-22(3)4)37(59)51-29/h21-23,25-31,44,46,53H,6-20,40-43H2,1-5H3,(H,45,60)(H,47,56)(H,48,54)(H,49,58)(H,50,55)(H,51,59)(H,52,57)/t23-,25+,26+,27+,28+,29+,30-,31+/m1/s1. The fourth-order valence-electron chi connectivity index (χ4n) is 6.98. The van der Waals surface area contributed by atoms with Crippen LogP contribution in [0.15, 0.2) is 12.3 Å². The van der Waals surface area contributed by atoms with Gasteiger partial charge in [0, 0.05) is 12.2 Å². The first-order valence-electron chi connectivity index (χ1n) is 21.1. The Labute approximate surface area is 353 Å². The molecule has 2 aliphatic heterocycles. The molecule has 18 N–H and O–H groups in total. The minimum Gasteiger partial charge on any atom is -0.391 e. The quantitative estimate of drug-likeness (QED) is 0.0784. The van der Waals surface area contributed by atoms with E-state index in [2.05, 4.69) is 54.4 Å². The SMILES string of the molecule is C=C(N[C@H]1CCNC(=O)[C@H]([C@@H](C)O)NC(=O)[C@H](CCN)NC(=O)[C@H](CCN)NC(=O)[C@H](CC(C)C)NC(=O)[C@@H](CC(C)C)NC(=O)[C@H](CCN)NC1=O)C1(N)CCNCC1. The van der Waals surface area contributed by atoms with E-state index in [1.807, 2.05) is 27.7 Å². The van der Waals surface area contributed by atoms with E-state index < -0.39 is 95.3 Å². The Bertz CT molecular complexity index is 1470. The fourth-order valence-corrected chi connectivity index (χ4v) is 6.98. The lowest BCUT2D eigenvalue weighted by Gasteiger charge is -2.37. The van der Waals surface area contributed by atoms with E-state index in [9.17, 15) is 38.7 Å². The number of hydrogen-bond acceptors (Lipinski definition) is 14.